The van der Waals surface area contributed by atoms with Gasteiger partial charge in [0.1, 0.15) is 92.2 Å². The van der Waals surface area contributed by atoms with E-state index in [1.165, 1.54) is 0 Å². The molecule has 9 aromatic carbocycles. The van der Waals surface area contributed by atoms with Crippen molar-refractivity contribution in [3.8, 4) is 0 Å². The Bertz CT molecular complexity index is 4480. The Balaban J connectivity index is 0.00000175. The van der Waals surface area contributed by atoms with Crippen molar-refractivity contribution >= 4 is 13.8 Å². The first-order chi connectivity index (χ1) is 57.3. The molecule has 0 N–H and O–H groups in total. The van der Waals surface area contributed by atoms with Gasteiger partial charge in [-0.2, -0.15) is 0 Å². The summed E-state index contributed by atoms with van der Waals surface area (Å²) >= 11 is 0. The van der Waals surface area contributed by atoms with Crippen LogP contribution in [0.3, 0.4) is 0 Å². The molecule has 10 aromatic rings. The summed E-state index contributed by atoms with van der Waals surface area (Å²) in [5.74, 6) is -0.428. The average Bonchev–Trinajstić information content (AvgIpc) is 0.819. The number of unbranched alkanes of at least 4 members (excludes halogenated alkanes) is 2. The van der Waals surface area contributed by atoms with Crippen LogP contribution in [-0.2, 0) is 154 Å². The first kappa shape index (κ1) is 88.4. The number of ether oxygens (including phenoxy) is 16. The molecule has 13 rings (SSSR count). The van der Waals surface area contributed by atoms with Crippen LogP contribution in [0.15, 0.2) is 292 Å². The van der Waals surface area contributed by atoms with Crippen LogP contribution in [0.25, 0.3) is 0 Å². The van der Waals surface area contributed by atoms with Gasteiger partial charge in [0.15, 0.2) is 18.9 Å². The van der Waals surface area contributed by atoms with Crippen LogP contribution in [0.2, 0.25) is 0 Å². The van der Waals surface area contributed by atoms with Crippen LogP contribution in [0.4, 0.5) is 25.2 Å². The molecule has 3 fully saturated rings. The van der Waals surface area contributed by atoms with Crippen LogP contribution in [0, 0.1) is 0 Å². The van der Waals surface area contributed by atoms with Crippen molar-refractivity contribution in [3.05, 3.63) is 342 Å². The van der Waals surface area contributed by atoms with E-state index in [0.717, 1.165) is 69.5 Å². The summed E-state index contributed by atoms with van der Waals surface area (Å²) in [5, 5.41) is 0. The fraction of sp³-hybridized carbons (Fsp3) is 0.370. The van der Waals surface area contributed by atoms with E-state index < -0.39 is 106 Å². The number of esters is 1. The Hall–Kier alpha value is -8.93. The van der Waals surface area contributed by atoms with E-state index in [1.54, 1.807) is 7.11 Å². The Labute approximate surface area is 685 Å². The number of aryl methyl sites for hydroxylation is 2. The van der Waals surface area contributed by atoms with Gasteiger partial charge in [0, 0.05) is 13.5 Å². The number of methoxy groups -OCH3 is 1. The van der Waals surface area contributed by atoms with E-state index in [-0.39, 0.29) is 85.7 Å². The monoisotopic (exact) mass is 1650 g/mol. The maximum absolute atomic E-state index is 14.6. The molecule has 4 heterocycles. The van der Waals surface area contributed by atoms with Gasteiger partial charge in [-0.15, -0.1) is 0 Å². The van der Waals surface area contributed by atoms with Gasteiger partial charge >= 0.3 is 39.0 Å². The first-order valence-corrected chi connectivity index (χ1v) is 41.7. The van der Waals surface area contributed by atoms with Crippen molar-refractivity contribution in [2.75, 3.05) is 26.9 Å². The number of imidazole rings is 1. The van der Waals surface area contributed by atoms with Crippen LogP contribution < -0.4 is 4.57 Å². The SMILES string of the molecule is CO[C@H]1O[C@H](COCc2ccccc2)[C@@H](O[C@H]2O[C@H](COC(=O)CCCCCn3cc[n+](C)c3)[C@@H](O[C@H]3O[C@H](COCc4ccccc4)[C@@H](OCc4ccccc4)[C@H](OCc4ccccc4)[C@H]3OCc3ccccc3)[C@H](OCc3ccccc3)[C@H]2OCc2ccccc2)[C@H](OCc2ccccc2)[C@H]1OCc1ccccc1.F[P-](F)(F)(F)(F)F. The van der Waals surface area contributed by atoms with Gasteiger partial charge in [0.25, 0.3) is 0 Å². The van der Waals surface area contributed by atoms with Crippen LogP contribution >= 0.6 is 7.81 Å². The Morgan fingerprint density at radius 3 is 0.932 bits per heavy atom. The molecule has 1 aromatic heterocycles. The number of benzene rings is 9. The summed E-state index contributed by atoms with van der Waals surface area (Å²) in [6.45, 7) is 1.96. The number of nitrogens with zero attached hydrogens (tertiary/aromatic N) is 2. The number of carbonyl (C=O) groups is 1. The molecule has 0 aliphatic carbocycles. The number of hydrogen-bond donors (Lipinski definition) is 0. The Kier molecular flexibility index (Phi) is 32.8. The summed E-state index contributed by atoms with van der Waals surface area (Å²) in [6, 6.07) is 89.5. The quantitative estimate of drug-likeness (QED) is 0.0116. The molecule has 0 amide bonds. The second-order valence-corrected chi connectivity index (χ2v) is 31.1. The molecule has 118 heavy (non-hydrogen) atoms. The number of hydrogen-bond acceptors (Lipinski definition) is 17. The van der Waals surface area contributed by atoms with Crippen molar-refractivity contribution in [1.29, 1.82) is 0 Å². The molecular weight excluding hydrogens is 1550 g/mol. The standard InChI is InChI=1S/C92H103N2O17.F6P/c1-93-53-54-94(67-93)52-32-12-31-51-80(95)99-66-79-83(111-91-88(105-62-75-47-27-10-28-48-75)84(101-58-71-39-19-6-20-40-71)81(100-57-70-37-17-5-18-38-70)77(108-91)64-97-55-68-33-13-3-14-34-68)86(103-60-73-43-23-8-24-44-73)89(106-63-76-49-29-11-30-50-76)92(109-79)110-82-78(65-98-56-69-35-15-4-16-36-69)107-90(96-2)87(104-61-74-45-25-9-26-46-74)85(82)102-59-72-41-21-7-22-42-72;1-7(2,3,4,5)6/h3-11,13-30,33-50,53-54,67,77-79,81-92H,12,31-32,51-52,55-66H2,1-2H3;/q+1;-1/t77-,78-,79-,81-,82-,83-,84+,85+,86+,87-,88-,89-,90+,91-,92-;/m1./s1. The molecule has 0 radical (unpaired) electrons. The van der Waals surface area contributed by atoms with Gasteiger partial charge < -0.3 is 75.8 Å². The van der Waals surface area contributed by atoms with Crippen LogP contribution in [0.1, 0.15) is 75.8 Å². The molecule has 0 saturated carbocycles. The summed E-state index contributed by atoms with van der Waals surface area (Å²) in [5.41, 5.74) is 8.21. The van der Waals surface area contributed by atoms with Gasteiger partial charge in [-0.3, -0.25) is 4.79 Å². The maximum atomic E-state index is 14.6. The zero-order valence-corrected chi connectivity index (χ0v) is 66.8. The molecule has 630 valence electrons. The van der Waals surface area contributed by atoms with E-state index in [4.69, 9.17) is 75.8 Å². The van der Waals surface area contributed by atoms with Crippen molar-refractivity contribution < 1.29 is 110 Å². The summed E-state index contributed by atoms with van der Waals surface area (Å²) in [6.07, 6.45) is -7.45. The molecule has 0 bridgehead atoms. The molecule has 3 aliphatic heterocycles. The third-order valence-electron chi connectivity index (χ3n) is 19.9. The predicted molar refractivity (Wildman–Crippen MR) is 429 cm³/mol. The predicted octanol–water partition coefficient (Wildman–Crippen LogP) is 17.9. The van der Waals surface area contributed by atoms with Crippen molar-refractivity contribution in [2.45, 2.75) is 184 Å². The molecular formula is C92H103F6N2O17P. The minimum absolute atomic E-state index is 0.00617. The van der Waals surface area contributed by atoms with E-state index in [9.17, 15) is 30.0 Å². The van der Waals surface area contributed by atoms with Crippen molar-refractivity contribution in [2.24, 2.45) is 7.05 Å². The Morgan fingerprint density at radius 1 is 0.347 bits per heavy atom. The van der Waals surface area contributed by atoms with Gasteiger partial charge in [-0.25, -0.2) is 9.13 Å². The number of rotatable bonds is 42. The van der Waals surface area contributed by atoms with E-state index in [1.807, 2.05) is 303 Å². The molecule has 3 saturated heterocycles. The van der Waals surface area contributed by atoms with Gasteiger partial charge in [-0.05, 0) is 69.3 Å². The topological polar surface area (TPSA) is 174 Å². The van der Waals surface area contributed by atoms with Crippen molar-refractivity contribution in [1.82, 2.24) is 4.57 Å². The second-order valence-electron chi connectivity index (χ2n) is 29.2. The normalized spacial score (nSPS) is 23.9. The van der Waals surface area contributed by atoms with E-state index in [0.29, 0.717) is 6.42 Å². The second kappa shape index (κ2) is 43.9. The zero-order chi connectivity index (χ0) is 82.3. The third-order valence-corrected chi connectivity index (χ3v) is 19.9. The number of aromatic nitrogens is 2. The summed E-state index contributed by atoms with van der Waals surface area (Å²) in [7, 11) is -7.07. The van der Waals surface area contributed by atoms with Gasteiger partial charge in [0.2, 0.25) is 6.33 Å². The van der Waals surface area contributed by atoms with Gasteiger partial charge in [-0.1, -0.05) is 273 Å². The fourth-order valence-corrected chi connectivity index (χ4v) is 14.1. The molecule has 15 atom stereocenters. The minimum atomic E-state index is -10.7. The van der Waals surface area contributed by atoms with E-state index >= 15 is 0 Å². The number of halogens is 6. The zero-order valence-electron chi connectivity index (χ0n) is 65.9. The molecule has 26 heteroatoms. The van der Waals surface area contributed by atoms with Crippen molar-refractivity contribution in [3.63, 3.8) is 0 Å². The number of carbonyl (C=O) groups excluding carboxylic acids is 1. The molecule has 0 unspecified atom stereocenters. The van der Waals surface area contributed by atoms with E-state index in [2.05, 4.69) is 4.57 Å². The molecule has 0 spiro atoms. The molecule has 19 nitrogen and oxygen atoms in total. The first-order valence-electron chi connectivity index (χ1n) is 39.6. The average molecular weight is 1650 g/mol. The van der Waals surface area contributed by atoms with Gasteiger partial charge in [0.05, 0.1) is 86.3 Å². The summed E-state index contributed by atoms with van der Waals surface area (Å²) < 4.78 is 178. The molecule has 3 aliphatic rings. The Morgan fingerprint density at radius 2 is 0.619 bits per heavy atom. The fourth-order valence-electron chi connectivity index (χ4n) is 14.1. The van der Waals surface area contributed by atoms with Crippen LogP contribution in [0.5, 0.6) is 0 Å². The summed E-state index contributed by atoms with van der Waals surface area (Å²) in [4.78, 5) is 14.6. The van der Waals surface area contributed by atoms with Crippen LogP contribution in [-0.4, -0.2) is 130 Å². The third kappa shape index (κ3) is 29.5.